The number of nitrogens with zero attached hydrogens (tertiary/aromatic N) is 2. The molecule has 1 heterocycles. The molecule has 1 aromatic carbocycles. The third-order valence-electron chi connectivity index (χ3n) is 2.64. The number of pyridine rings is 1. The molecule has 2 N–H and O–H groups in total. The molecule has 1 aromatic heterocycles. The summed E-state index contributed by atoms with van der Waals surface area (Å²) in [4.78, 5) is 15.9. The van der Waals surface area contributed by atoms with Gasteiger partial charge in [0.2, 0.25) is 5.91 Å². The van der Waals surface area contributed by atoms with E-state index in [1.165, 1.54) is 0 Å². The van der Waals surface area contributed by atoms with E-state index in [0.29, 0.717) is 17.8 Å². The first-order valence-electron chi connectivity index (χ1n) is 6.19. The number of aromatic nitrogens is 1. The third-order valence-corrected chi connectivity index (χ3v) is 2.64. The van der Waals surface area contributed by atoms with Crippen LogP contribution in [-0.4, -0.2) is 17.4 Å². The van der Waals surface area contributed by atoms with Crippen molar-refractivity contribution in [1.82, 2.24) is 10.3 Å². The summed E-state index contributed by atoms with van der Waals surface area (Å²) < 4.78 is 0. The van der Waals surface area contributed by atoms with Crippen molar-refractivity contribution in [3.8, 4) is 6.07 Å². The molecule has 0 unspecified atom stereocenters. The van der Waals surface area contributed by atoms with E-state index >= 15 is 0 Å². The van der Waals surface area contributed by atoms with Crippen LogP contribution in [0.5, 0.6) is 0 Å². The number of hydrogen-bond donors (Lipinski definition) is 2. The quantitative estimate of drug-likeness (QED) is 0.863. The summed E-state index contributed by atoms with van der Waals surface area (Å²) >= 11 is 0. The number of anilines is 1. The molecule has 20 heavy (non-hydrogen) atoms. The number of nitrogens with one attached hydrogen (secondary N) is 2. The van der Waals surface area contributed by atoms with E-state index in [0.717, 1.165) is 5.69 Å². The van der Waals surface area contributed by atoms with Crippen LogP contribution in [0.25, 0.3) is 0 Å². The number of hydrogen-bond acceptors (Lipinski definition) is 4. The van der Waals surface area contributed by atoms with Crippen LogP contribution in [0.4, 0.5) is 5.69 Å². The molecular formula is C15H14N4O. The van der Waals surface area contributed by atoms with E-state index in [1.54, 1.807) is 30.5 Å². The maximum atomic E-state index is 11.8. The van der Waals surface area contributed by atoms with Crippen molar-refractivity contribution in [3.05, 3.63) is 59.9 Å². The number of nitriles is 1. The fourth-order valence-corrected chi connectivity index (χ4v) is 1.69. The largest absolute Gasteiger partial charge is 0.324 e. The van der Waals surface area contributed by atoms with Crippen LogP contribution in [0.1, 0.15) is 11.3 Å². The lowest BCUT2D eigenvalue weighted by atomic mass is 10.2. The van der Waals surface area contributed by atoms with Gasteiger partial charge in [-0.2, -0.15) is 5.26 Å². The minimum absolute atomic E-state index is 0.163. The van der Waals surface area contributed by atoms with Crippen LogP contribution in [0.3, 0.4) is 0 Å². The van der Waals surface area contributed by atoms with Crippen molar-refractivity contribution in [3.63, 3.8) is 0 Å². The van der Waals surface area contributed by atoms with Crippen molar-refractivity contribution in [1.29, 1.82) is 5.26 Å². The summed E-state index contributed by atoms with van der Waals surface area (Å²) in [5.74, 6) is -0.191. The summed E-state index contributed by atoms with van der Waals surface area (Å²) in [5.41, 5.74) is 1.85. The fraction of sp³-hybridized carbons (Fsp3) is 0.133. The predicted molar refractivity (Wildman–Crippen MR) is 75.7 cm³/mol. The first-order chi connectivity index (χ1) is 9.79. The van der Waals surface area contributed by atoms with Gasteiger partial charge in [-0.25, -0.2) is 0 Å². The van der Waals surface area contributed by atoms with Crippen LogP contribution in [0, 0.1) is 11.3 Å². The maximum Gasteiger partial charge on any atom is 0.238 e. The van der Waals surface area contributed by atoms with Gasteiger partial charge in [-0.1, -0.05) is 18.2 Å². The van der Waals surface area contributed by atoms with E-state index in [9.17, 15) is 4.79 Å². The lowest BCUT2D eigenvalue weighted by Gasteiger charge is -2.07. The second kappa shape index (κ2) is 7.02. The third kappa shape index (κ3) is 3.90. The average Bonchev–Trinajstić information content (AvgIpc) is 2.49. The predicted octanol–water partition coefficient (Wildman–Crippen LogP) is 1.68. The second-order valence-corrected chi connectivity index (χ2v) is 4.13. The number of carbonyl (C=O) groups is 1. The summed E-state index contributed by atoms with van der Waals surface area (Å²) in [7, 11) is 0. The van der Waals surface area contributed by atoms with Gasteiger partial charge in [-0.05, 0) is 24.3 Å². The van der Waals surface area contributed by atoms with E-state index in [-0.39, 0.29) is 12.5 Å². The molecule has 5 nitrogen and oxygen atoms in total. The summed E-state index contributed by atoms with van der Waals surface area (Å²) in [6.45, 7) is 0.685. The molecule has 0 bridgehead atoms. The van der Waals surface area contributed by atoms with Crippen LogP contribution < -0.4 is 10.6 Å². The van der Waals surface area contributed by atoms with E-state index < -0.39 is 0 Å². The number of rotatable bonds is 5. The van der Waals surface area contributed by atoms with E-state index in [4.69, 9.17) is 5.26 Å². The zero-order chi connectivity index (χ0) is 14.2. The van der Waals surface area contributed by atoms with Gasteiger partial charge in [0.25, 0.3) is 0 Å². The van der Waals surface area contributed by atoms with Crippen LogP contribution >= 0.6 is 0 Å². The molecular weight excluding hydrogens is 252 g/mol. The Balaban J connectivity index is 1.83. The molecule has 0 radical (unpaired) electrons. The molecule has 1 amide bonds. The van der Waals surface area contributed by atoms with Gasteiger partial charge in [0.05, 0.1) is 23.5 Å². The Morgan fingerprint density at radius 3 is 2.75 bits per heavy atom. The highest BCUT2D eigenvalue weighted by Crippen LogP contribution is 2.12. The lowest BCUT2D eigenvalue weighted by Crippen LogP contribution is -2.28. The van der Waals surface area contributed by atoms with E-state index in [2.05, 4.69) is 15.6 Å². The molecule has 0 spiro atoms. The Morgan fingerprint density at radius 2 is 2.00 bits per heavy atom. The molecule has 0 atom stereocenters. The minimum Gasteiger partial charge on any atom is -0.324 e. The summed E-state index contributed by atoms with van der Waals surface area (Å²) in [6.07, 6.45) is 1.71. The Labute approximate surface area is 117 Å². The molecule has 2 rings (SSSR count). The normalized spacial score (nSPS) is 9.75. The van der Waals surface area contributed by atoms with Gasteiger partial charge < -0.3 is 10.6 Å². The minimum atomic E-state index is -0.191. The molecule has 0 fully saturated rings. The van der Waals surface area contributed by atoms with Crippen molar-refractivity contribution in [2.24, 2.45) is 0 Å². The average molecular weight is 266 g/mol. The van der Waals surface area contributed by atoms with E-state index in [1.807, 2.05) is 24.3 Å². The smallest absolute Gasteiger partial charge is 0.238 e. The molecule has 0 aliphatic heterocycles. The Hall–Kier alpha value is -2.71. The second-order valence-electron chi connectivity index (χ2n) is 4.13. The first kappa shape index (κ1) is 13.7. The number of benzene rings is 1. The van der Waals surface area contributed by atoms with Gasteiger partial charge in [0, 0.05) is 12.7 Å². The highest BCUT2D eigenvalue weighted by molar-refractivity contribution is 5.93. The molecule has 0 saturated carbocycles. The maximum absolute atomic E-state index is 11.8. The highest BCUT2D eigenvalue weighted by Gasteiger charge is 2.05. The summed E-state index contributed by atoms with van der Waals surface area (Å²) in [6, 6.07) is 14.6. The van der Waals surface area contributed by atoms with Crippen molar-refractivity contribution in [2.75, 3.05) is 11.9 Å². The molecule has 0 aliphatic carbocycles. The molecule has 0 aliphatic rings. The summed E-state index contributed by atoms with van der Waals surface area (Å²) in [5, 5.41) is 14.6. The van der Waals surface area contributed by atoms with Crippen molar-refractivity contribution >= 4 is 11.6 Å². The van der Waals surface area contributed by atoms with Gasteiger partial charge in [0.1, 0.15) is 6.07 Å². The number of carbonyl (C=O) groups excluding carboxylic acids is 1. The molecule has 100 valence electrons. The van der Waals surface area contributed by atoms with Gasteiger partial charge in [-0.15, -0.1) is 0 Å². The van der Waals surface area contributed by atoms with Gasteiger partial charge in [0.15, 0.2) is 0 Å². The molecule has 5 heteroatoms. The van der Waals surface area contributed by atoms with Crippen LogP contribution in [0.15, 0.2) is 48.7 Å². The van der Waals surface area contributed by atoms with Gasteiger partial charge >= 0.3 is 0 Å². The molecule has 0 saturated heterocycles. The fourth-order valence-electron chi connectivity index (χ4n) is 1.69. The SMILES string of the molecule is N#Cc1ccccc1NC(=O)CNCc1ccccn1. The highest BCUT2D eigenvalue weighted by atomic mass is 16.1. The molecule has 2 aromatic rings. The Kier molecular flexibility index (Phi) is 4.81. The monoisotopic (exact) mass is 266 g/mol. The number of para-hydroxylation sites is 1. The van der Waals surface area contributed by atoms with Crippen LogP contribution in [0.2, 0.25) is 0 Å². The van der Waals surface area contributed by atoms with Gasteiger partial charge in [-0.3, -0.25) is 9.78 Å². The zero-order valence-electron chi connectivity index (χ0n) is 10.8. The topological polar surface area (TPSA) is 77.8 Å². The van der Waals surface area contributed by atoms with Crippen molar-refractivity contribution in [2.45, 2.75) is 6.54 Å². The Morgan fingerprint density at radius 1 is 1.20 bits per heavy atom. The standard InChI is InChI=1S/C15H14N4O/c16-9-12-5-1-2-7-14(12)19-15(20)11-17-10-13-6-3-4-8-18-13/h1-8,17H,10-11H2,(H,19,20). The van der Waals surface area contributed by atoms with Crippen molar-refractivity contribution < 1.29 is 4.79 Å². The Bertz CT molecular complexity index is 619. The first-order valence-corrected chi connectivity index (χ1v) is 6.19. The zero-order valence-corrected chi connectivity index (χ0v) is 10.8. The lowest BCUT2D eigenvalue weighted by molar-refractivity contribution is -0.115. The number of amides is 1. The van der Waals surface area contributed by atoms with Crippen LogP contribution in [-0.2, 0) is 11.3 Å².